The molecule has 3 aliphatic heterocycles. The van der Waals surface area contributed by atoms with Crippen molar-refractivity contribution in [2.75, 3.05) is 26.4 Å². The lowest BCUT2D eigenvalue weighted by atomic mass is 9.96. The van der Waals surface area contributed by atoms with E-state index in [1.54, 1.807) is 6.08 Å². The van der Waals surface area contributed by atoms with Crippen LogP contribution in [0, 0.1) is 0 Å². The maximum Gasteiger partial charge on any atom is 0.220 e. The van der Waals surface area contributed by atoms with Gasteiger partial charge in [0.15, 0.2) is 18.9 Å². The van der Waals surface area contributed by atoms with Gasteiger partial charge >= 0.3 is 0 Å². The Morgan fingerprint density at radius 1 is 0.327 bits per heavy atom. The zero-order chi connectivity index (χ0) is 81.7. The van der Waals surface area contributed by atoms with Gasteiger partial charge in [0.05, 0.1) is 38.6 Å². The van der Waals surface area contributed by atoms with Gasteiger partial charge in [-0.3, -0.25) is 4.79 Å². The summed E-state index contributed by atoms with van der Waals surface area (Å²) in [5, 5.41) is 121. The average molecular weight is 1590 g/mol. The first kappa shape index (κ1) is 103. The van der Waals surface area contributed by atoms with E-state index in [2.05, 4.69) is 141 Å². The van der Waals surface area contributed by atoms with Gasteiger partial charge in [-0.05, 0) is 109 Å². The molecule has 17 unspecified atom stereocenters. The molecule has 17 atom stereocenters. The molecule has 0 aromatic rings. The van der Waals surface area contributed by atoms with Crippen LogP contribution in [0.4, 0.5) is 0 Å². The topological polar surface area (TPSA) is 307 Å². The van der Waals surface area contributed by atoms with E-state index in [1.807, 2.05) is 6.08 Å². The van der Waals surface area contributed by atoms with Crippen molar-refractivity contribution in [1.82, 2.24) is 5.32 Å². The van der Waals surface area contributed by atoms with Crippen molar-refractivity contribution in [2.24, 2.45) is 0 Å². The number of carbonyl (C=O) groups excluding carboxylic acids is 1. The zero-order valence-corrected chi connectivity index (χ0v) is 70.1. The van der Waals surface area contributed by atoms with Crippen molar-refractivity contribution >= 4 is 5.91 Å². The minimum atomic E-state index is -1.99. The predicted octanol–water partition coefficient (Wildman–Crippen LogP) is 17.2. The summed E-state index contributed by atoms with van der Waals surface area (Å²) in [5.41, 5.74) is 0. The minimum absolute atomic E-state index is 0.226. The third-order valence-corrected chi connectivity index (χ3v) is 21.4. The molecule has 12 N–H and O–H groups in total. The van der Waals surface area contributed by atoms with E-state index in [1.165, 1.54) is 180 Å². The van der Waals surface area contributed by atoms with Crippen molar-refractivity contribution < 1.29 is 89.4 Å². The van der Waals surface area contributed by atoms with Crippen molar-refractivity contribution in [1.29, 1.82) is 0 Å². The van der Waals surface area contributed by atoms with E-state index in [0.717, 1.165) is 109 Å². The average Bonchev–Trinajstić information content (AvgIpc) is 0.777. The molecule has 0 bridgehead atoms. The number of aliphatic hydroxyl groups is 11. The lowest BCUT2D eigenvalue weighted by Crippen LogP contribution is -2.66. The van der Waals surface area contributed by atoms with Crippen LogP contribution in [0.1, 0.15) is 322 Å². The lowest BCUT2D eigenvalue weighted by molar-refractivity contribution is -0.379. The number of aliphatic hydroxyl groups excluding tert-OH is 11. The molecule has 0 radical (unpaired) electrons. The second-order valence-corrected chi connectivity index (χ2v) is 31.3. The standard InChI is InChI=1S/C94H161NO18/c1-3-5-7-9-11-13-15-17-19-21-23-25-27-29-31-32-33-34-35-36-37-38-39-40-41-42-43-44-46-48-50-52-54-56-58-60-62-64-66-68-70-72-82(100)95-77(78(99)71-69-67-65-63-61-59-57-55-53-51-49-47-45-30-28-26-24-22-20-18-16-14-12-10-8-6-4-2)76-108-92-88(106)85(103)90(80(74-97)110-92)113-94-89(107)86(104)91(81(75-98)111-94)112-93-87(105)84(102)83(101)79(73-96)109-93/h5,7,11,13,17,19,23,25,29,31,33-34,36-37,39-40,53,55,61,63,69,71,77-81,83-94,96-99,101-107H,3-4,6,8-10,12,14-16,18,20-22,24,26-28,30,32,35,38,41-52,54,56-60,62,64-68,70,72-76H2,1-2H3,(H,95,100)/b7-5-,13-11-,19-17-,25-23-,31-29-,34-33-,37-36-,40-39-,55-53+,63-61+,71-69+. The number of amides is 1. The molecule has 3 rings (SSSR count). The SMILES string of the molecule is CC/C=C\C/C=C\C/C=C\C/C=C\C/C=C\C/C=C\C/C=C\C/C=C\CCCCCCCCCCCCCCCCCCC(=O)NC(COC1OC(CO)C(OC2OC(CO)C(OC3OC(CO)C(O)C(O)C3O)C(O)C2O)C(O)C1O)C(O)/C=C/CC/C=C/CC/C=C/CCCCCCCCCCCCCCCCCCC. The zero-order valence-electron chi connectivity index (χ0n) is 70.1. The van der Waals surface area contributed by atoms with E-state index in [0.29, 0.717) is 12.8 Å². The number of carbonyl (C=O) groups is 1. The van der Waals surface area contributed by atoms with Gasteiger partial charge in [0.2, 0.25) is 5.91 Å². The van der Waals surface area contributed by atoms with Crippen molar-refractivity contribution in [3.8, 4) is 0 Å². The van der Waals surface area contributed by atoms with Gasteiger partial charge in [0.1, 0.15) is 73.2 Å². The second kappa shape index (κ2) is 72.0. The Morgan fingerprint density at radius 2 is 0.619 bits per heavy atom. The summed E-state index contributed by atoms with van der Waals surface area (Å²) in [6, 6.07) is -1.01. The van der Waals surface area contributed by atoms with Gasteiger partial charge in [0.25, 0.3) is 0 Å². The molecule has 0 spiro atoms. The van der Waals surface area contributed by atoms with E-state index < -0.39 is 124 Å². The number of nitrogens with one attached hydrogen (secondary N) is 1. The molecular weight excluding hydrogens is 1430 g/mol. The largest absolute Gasteiger partial charge is 0.394 e. The van der Waals surface area contributed by atoms with Gasteiger partial charge in [-0.25, -0.2) is 0 Å². The Labute approximate surface area is 683 Å². The predicted molar refractivity (Wildman–Crippen MR) is 456 cm³/mol. The fourth-order valence-electron chi connectivity index (χ4n) is 14.3. The highest BCUT2D eigenvalue weighted by Crippen LogP contribution is 2.33. The van der Waals surface area contributed by atoms with E-state index in [-0.39, 0.29) is 18.9 Å². The monoisotopic (exact) mass is 1590 g/mol. The van der Waals surface area contributed by atoms with E-state index >= 15 is 0 Å². The Bertz CT molecular complexity index is 2560. The molecule has 650 valence electrons. The molecule has 0 aromatic carbocycles. The molecule has 3 aliphatic rings. The number of allylic oxidation sites excluding steroid dienone is 21. The van der Waals surface area contributed by atoms with Crippen LogP contribution in [-0.4, -0.2) is 193 Å². The molecule has 3 heterocycles. The summed E-state index contributed by atoms with van der Waals surface area (Å²) in [7, 11) is 0. The third-order valence-electron chi connectivity index (χ3n) is 21.4. The van der Waals surface area contributed by atoms with Gasteiger partial charge in [-0.2, -0.15) is 0 Å². The van der Waals surface area contributed by atoms with Crippen LogP contribution >= 0.6 is 0 Å². The maximum atomic E-state index is 13.5. The van der Waals surface area contributed by atoms with Crippen molar-refractivity contribution in [3.05, 3.63) is 134 Å². The minimum Gasteiger partial charge on any atom is -0.394 e. The molecule has 0 aromatic heterocycles. The maximum absolute atomic E-state index is 13.5. The third kappa shape index (κ3) is 50.5. The molecule has 113 heavy (non-hydrogen) atoms. The summed E-state index contributed by atoms with van der Waals surface area (Å²) in [5.74, 6) is -0.290. The molecule has 19 nitrogen and oxygen atoms in total. The molecule has 0 aliphatic carbocycles. The van der Waals surface area contributed by atoms with Gasteiger partial charge in [-0.1, -0.05) is 340 Å². The molecule has 1 amide bonds. The van der Waals surface area contributed by atoms with Gasteiger partial charge in [0, 0.05) is 6.42 Å². The fourth-order valence-corrected chi connectivity index (χ4v) is 14.3. The number of hydrogen-bond donors (Lipinski definition) is 12. The van der Waals surface area contributed by atoms with Gasteiger partial charge in [-0.15, -0.1) is 0 Å². The first-order chi connectivity index (χ1) is 55.3. The number of rotatable bonds is 71. The molecule has 19 heteroatoms. The summed E-state index contributed by atoms with van der Waals surface area (Å²) in [6.45, 7) is 1.62. The molecular formula is C94H161NO18. The highest BCUT2D eigenvalue weighted by molar-refractivity contribution is 5.76. The quantitative estimate of drug-likeness (QED) is 0.0199. The van der Waals surface area contributed by atoms with Crippen molar-refractivity contribution in [3.63, 3.8) is 0 Å². The Hall–Kier alpha value is -4.07. The molecule has 3 fully saturated rings. The molecule has 3 saturated heterocycles. The van der Waals surface area contributed by atoms with E-state index in [4.69, 9.17) is 28.4 Å². The number of hydrogen-bond acceptors (Lipinski definition) is 18. The highest BCUT2D eigenvalue weighted by Gasteiger charge is 2.54. The summed E-state index contributed by atoms with van der Waals surface area (Å²) in [6.07, 6.45) is 77.4. The summed E-state index contributed by atoms with van der Waals surface area (Å²) < 4.78 is 34.5. The number of ether oxygens (including phenoxy) is 6. The molecule has 0 saturated carbocycles. The van der Waals surface area contributed by atoms with Crippen LogP contribution in [0.15, 0.2) is 134 Å². The first-order valence-corrected chi connectivity index (χ1v) is 44.9. The smallest absolute Gasteiger partial charge is 0.220 e. The second-order valence-electron chi connectivity index (χ2n) is 31.3. The summed E-state index contributed by atoms with van der Waals surface area (Å²) in [4.78, 5) is 13.5. The van der Waals surface area contributed by atoms with Crippen molar-refractivity contribution in [2.45, 2.75) is 426 Å². The highest BCUT2D eigenvalue weighted by atomic mass is 16.8. The lowest BCUT2D eigenvalue weighted by Gasteiger charge is -2.48. The Morgan fingerprint density at radius 3 is 0.991 bits per heavy atom. The normalized spacial score (nSPS) is 25.5. The van der Waals surface area contributed by atoms with E-state index in [9.17, 15) is 61.0 Å². The Kier molecular flexibility index (Phi) is 65.7. The summed E-state index contributed by atoms with van der Waals surface area (Å²) >= 11 is 0. The Balaban J connectivity index is 1.33. The van der Waals surface area contributed by atoms with Gasteiger partial charge < -0.3 is 89.9 Å². The fraction of sp³-hybridized carbons (Fsp3) is 0.755. The van der Waals surface area contributed by atoms with Crippen LogP contribution in [0.5, 0.6) is 0 Å². The van der Waals surface area contributed by atoms with Crippen LogP contribution in [-0.2, 0) is 33.2 Å². The van der Waals surface area contributed by atoms with Crippen LogP contribution in [0.25, 0.3) is 0 Å². The van der Waals surface area contributed by atoms with Crippen LogP contribution < -0.4 is 5.32 Å². The van der Waals surface area contributed by atoms with Crippen LogP contribution in [0.3, 0.4) is 0 Å². The van der Waals surface area contributed by atoms with Crippen LogP contribution in [0.2, 0.25) is 0 Å². The first-order valence-electron chi connectivity index (χ1n) is 44.9. The number of unbranched alkanes of at least 4 members (excludes halogenated alkanes) is 35.